The first-order valence-electron chi connectivity index (χ1n) is 7.87. The number of hydrogen-bond donors (Lipinski definition) is 2. The van der Waals surface area contributed by atoms with Crippen LogP contribution in [0.4, 0.5) is 23.2 Å². The van der Waals surface area contributed by atoms with Crippen LogP contribution in [0.15, 0.2) is 54.6 Å². The minimum absolute atomic E-state index is 0.116. The molecule has 0 aliphatic rings. The number of amides is 1. The largest absolute Gasteiger partial charge is 0.478 e. The highest BCUT2D eigenvalue weighted by atomic mass is 19.2. The van der Waals surface area contributed by atoms with Crippen LogP contribution in [-0.2, 0) is 0 Å². The Hall–Kier alpha value is -3.68. The summed E-state index contributed by atoms with van der Waals surface area (Å²) in [6, 6.07) is 15.4. The van der Waals surface area contributed by atoms with E-state index in [1.54, 1.807) is 12.1 Å². The van der Waals surface area contributed by atoms with Gasteiger partial charge < -0.3 is 10.4 Å². The summed E-state index contributed by atoms with van der Waals surface area (Å²) in [5.41, 5.74) is -1.21. The van der Waals surface area contributed by atoms with Gasteiger partial charge in [-0.25, -0.2) is 22.4 Å². The quantitative estimate of drug-likeness (QED) is 0.380. The molecular weight excluding hydrogens is 378 g/mol. The lowest BCUT2D eigenvalue weighted by Crippen LogP contribution is -2.22. The van der Waals surface area contributed by atoms with Crippen molar-refractivity contribution in [3.05, 3.63) is 89.0 Å². The van der Waals surface area contributed by atoms with Gasteiger partial charge >= 0.3 is 5.97 Å². The second-order valence-electron chi connectivity index (χ2n) is 5.71. The van der Waals surface area contributed by atoms with E-state index in [4.69, 9.17) is 5.11 Å². The number of nitrogens with one attached hydrogen (secondary N) is 1. The van der Waals surface area contributed by atoms with Crippen molar-refractivity contribution in [3.63, 3.8) is 0 Å². The Morgan fingerprint density at radius 3 is 1.71 bits per heavy atom. The van der Waals surface area contributed by atoms with E-state index in [0.29, 0.717) is 0 Å². The van der Waals surface area contributed by atoms with Gasteiger partial charge in [0.05, 0.1) is 5.56 Å². The Bertz CT molecular complexity index is 1070. The second-order valence-corrected chi connectivity index (χ2v) is 5.71. The van der Waals surface area contributed by atoms with Gasteiger partial charge in [-0.2, -0.15) is 0 Å². The third-order valence-electron chi connectivity index (χ3n) is 3.96. The van der Waals surface area contributed by atoms with Crippen molar-refractivity contribution in [1.82, 2.24) is 0 Å². The Labute approximate surface area is 156 Å². The lowest BCUT2D eigenvalue weighted by atomic mass is 10.0. The number of carbonyl (C=O) groups is 2. The number of benzene rings is 3. The van der Waals surface area contributed by atoms with Gasteiger partial charge in [-0.1, -0.05) is 42.5 Å². The van der Waals surface area contributed by atoms with Gasteiger partial charge in [-0.05, 0) is 23.3 Å². The van der Waals surface area contributed by atoms with Crippen LogP contribution in [0.1, 0.15) is 20.7 Å². The normalized spacial score (nSPS) is 10.6. The molecule has 0 fully saturated rings. The topological polar surface area (TPSA) is 66.4 Å². The number of halogens is 4. The number of rotatable bonds is 4. The minimum Gasteiger partial charge on any atom is -0.478 e. The lowest BCUT2D eigenvalue weighted by Gasteiger charge is -2.11. The standard InChI is InChI=1S/C20H11F4NO3/c21-15-13(14(20(27)28)16(22)18(24)17(15)23)19(26)25-12-8-6-11(7-9-12)10-4-2-1-3-5-10/h1-9H,(H,25,26)(H,27,28). The fraction of sp³-hybridized carbons (Fsp3) is 0. The van der Waals surface area contributed by atoms with Crippen LogP contribution in [0, 0.1) is 23.3 Å². The third kappa shape index (κ3) is 3.44. The zero-order chi connectivity index (χ0) is 20.4. The summed E-state index contributed by atoms with van der Waals surface area (Å²) in [7, 11) is 0. The molecular formula is C20H11F4NO3. The van der Waals surface area contributed by atoms with Gasteiger partial charge in [-0.3, -0.25) is 4.79 Å². The molecule has 0 radical (unpaired) electrons. The maximum Gasteiger partial charge on any atom is 0.339 e. The van der Waals surface area contributed by atoms with Crippen LogP contribution in [-0.4, -0.2) is 17.0 Å². The molecule has 0 spiro atoms. The van der Waals surface area contributed by atoms with Crippen molar-refractivity contribution < 1.29 is 32.3 Å². The van der Waals surface area contributed by atoms with Crippen molar-refractivity contribution in [2.75, 3.05) is 5.32 Å². The molecule has 0 heterocycles. The van der Waals surface area contributed by atoms with Gasteiger partial charge in [0.1, 0.15) is 5.56 Å². The maximum absolute atomic E-state index is 14.0. The molecule has 0 bridgehead atoms. The minimum atomic E-state index is -2.31. The molecule has 28 heavy (non-hydrogen) atoms. The Kier molecular flexibility index (Phi) is 5.12. The predicted octanol–water partition coefficient (Wildman–Crippen LogP) is 4.86. The SMILES string of the molecule is O=C(O)c1c(F)c(F)c(F)c(F)c1C(=O)Nc1ccc(-c2ccccc2)cc1. The summed E-state index contributed by atoms with van der Waals surface area (Å²) in [4.78, 5) is 23.4. The average Bonchev–Trinajstić information content (AvgIpc) is 2.69. The molecule has 2 N–H and O–H groups in total. The Morgan fingerprint density at radius 1 is 0.679 bits per heavy atom. The Morgan fingerprint density at radius 2 is 1.18 bits per heavy atom. The molecule has 3 rings (SSSR count). The van der Waals surface area contributed by atoms with E-state index in [9.17, 15) is 27.2 Å². The van der Waals surface area contributed by atoms with E-state index in [1.165, 1.54) is 12.1 Å². The summed E-state index contributed by atoms with van der Waals surface area (Å²) in [5, 5.41) is 11.1. The first-order chi connectivity index (χ1) is 13.3. The van der Waals surface area contributed by atoms with Gasteiger partial charge in [-0.15, -0.1) is 0 Å². The molecule has 3 aromatic carbocycles. The van der Waals surface area contributed by atoms with Crippen LogP contribution < -0.4 is 5.32 Å². The van der Waals surface area contributed by atoms with Crippen molar-refractivity contribution >= 4 is 17.6 Å². The van der Waals surface area contributed by atoms with E-state index in [0.717, 1.165) is 11.1 Å². The monoisotopic (exact) mass is 389 g/mol. The third-order valence-corrected chi connectivity index (χ3v) is 3.96. The zero-order valence-corrected chi connectivity index (χ0v) is 14.0. The number of carbonyl (C=O) groups excluding carboxylic acids is 1. The van der Waals surface area contributed by atoms with Gasteiger partial charge in [0.2, 0.25) is 0 Å². The molecule has 142 valence electrons. The highest BCUT2D eigenvalue weighted by molar-refractivity contribution is 6.11. The van der Waals surface area contributed by atoms with E-state index >= 15 is 0 Å². The van der Waals surface area contributed by atoms with Crippen molar-refractivity contribution in [2.45, 2.75) is 0 Å². The van der Waals surface area contributed by atoms with E-state index in [1.807, 2.05) is 30.3 Å². The number of carboxylic acids is 1. The van der Waals surface area contributed by atoms with Crippen LogP contribution in [0.2, 0.25) is 0 Å². The fourth-order valence-electron chi connectivity index (χ4n) is 2.62. The second kappa shape index (κ2) is 7.51. The molecule has 0 aromatic heterocycles. The zero-order valence-electron chi connectivity index (χ0n) is 14.0. The lowest BCUT2D eigenvalue weighted by molar-refractivity contribution is 0.0684. The summed E-state index contributed by atoms with van der Waals surface area (Å²) >= 11 is 0. The van der Waals surface area contributed by atoms with Crippen LogP contribution in [0.3, 0.4) is 0 Å². The molecule has 8 heteroatoms. The summed E-state index contributed by atoms with van der Waals surface area (Å²) in [6.07, 6.45) is 0. The average molecular weight is 389 g/mol. The molecule has 0 saturated carbocycles. The van der Waals surface area contributed by atoms with E-state index in [2.05, 4.69) is 5.32 Å². The summed E-state index contributed by atoms with van der Waals surface area (Å²) < 4.78 is 54.5. The smallest absolute Gasteiger partial charge is 0.339 e. The van der Waals surface area contributed by atoms with E-state index in [-0.39, 0.29) is 5.69 Å². The van der Waals surface area contributed by atoms with Crippen molar-refractivity contribution in [2.24, 2.45) is 0 Å². The molecule has 1 amide bonds. The molecule has 3 aromatic rings. The number of anilines is 1. The van der Waals surface area contributed by atoms with Gasteiger partial charge in [0.15, 0.2) is 23.3 Å². The number of hydrogen-bond acceptors (Lipinski definition) is 2. The summed E-state index contributed by atoms with van der Waals surface area (Å²) in [6.45, 7) is 0. The first-order valence-corrected chi connectivity index (χ1v) is 7.87. The highest BCUT2D eigenvalue weighted by Crippen LogP contribution is 2.26. The fourth-order valence-corrected chi connectivity index (χ4v) is 2.62. The predicted molar refractivity (Wildman–Crippen MR) is 93.1 cm³/mol. The molecule has 0 aliphatic carbocycles. The number of carboxylic acid groups (broad SMARTS) is 1. The van der Waals surface area contributed by atoms with Crippen molar-refractivity contribution in [1.29, 1.82) is 0 Å². The Balaban J connectivity index is 1.95. The highest BCUT2D eigenvalue weighted by Gasteiger charge is 2.32. The van der Waals surface area contributed by atoms with Gasteiger partial charge in [0, 0.05) is 5.69 Å². The molecule has 4 nitrogen and oxygen atoms in total. The number of aromatic carboxylic acids is 1. The van der Waals surface area contributed by atoms with E-state index < -0.39 is 46.3 Å². The maximum atomic E-state index is 14.0. The molecule has 0 saturated heterocycles. The molecule has 0 aliphatic heterocycles. The van der Waals surface area contributed by atoms with Gasteiger partial charge in [0.25, 0.3) is 5.91 Å². The molecule has 0 atom stereocenters. The van der Waals surface area contributed by atoms with Crippen LogP contribution in [0.25, 0.3) is 11.1 Å². The summed E-state index contributed by atoms with van der Waals surface area (Å²) in [5.74, 6) is -12.4. The van der Waals surface area contributed by atoms with Crippen LogP contribution >= 0.6 is 0 Å². The molecule has 0 unspecified atom stereocenters. The first kappa shape index (κ1) is 19.1. The van der Waals surface area contributed by atoms with Crippen LogP contribution in [0.5, 0.6) is 0 Å². The van der Waals surface area contributed by atoms with Crippen molar-refractivity contribution in [3.8, 4) is 11.1 Å².